The molecule has 0 saturated carbocycles. The van der Waals surface area contributed by atoms with Gasteiger partial charge in [0.1, 0.15) is 5.56 Å². The van der Waals surface area contributed by atoms with Crippen LogP contribution in [-0.4, -0.2) is 28.8 Å². The molecule has 1 N–H and O–H groups in total. The van der Waals surface area contributed by atoms with Crippen LogP contribution in [0.2, 0.25) is 0 Å². The van der Waals surface area contributed by atoms with E-state index in [-0.39, 0.29) is 11.9 Å². The number of benzene rings is 1. The van der Waals surface area contributed by atoms with Crippen molar-refractivity contribution in [1.29, 1.82) is 0 Å². The van der Waals surface area contributed by atoms with Crippen molar-refractivity contribution in [3.8, 4) is 5.88 Å². The highest BCUT2D eigenvalue weighted by Gasteiger charge is 2.22. The van der Waals surface area contributed by atoms with E-state index in [1.54, 1.807) is 18.8 Å². The Morgan fingerprint density at radius 1 is 1.26 bits per heavy atom. The first-order chi connectivity index (χ1) is 10.8. The van der Waals surface area contributed by atoms with Gasteiger partial charge in [-0.2, -0.15) is 5.10 Å². The van der Waals surface area contributed by atoms with Crippen molar-refractivity contribution in [2.45, 2.75) is 40.2 Å². The molecule has 5 heteroatoms. The highest BCUT2D eigenvalue weighted by molar-refractivity contribution is 5.97. The summed E-state index contributed by atoms with van der Waals surface area (Å²) in [4.78, 5) is 12.5. The fraction of sp³-hybridized carbons (Fsp3) is 0.444. The zero-order valence-electron chi connectivity index (χ0n) is 14.7. The lowest BCUT2D eigenvalue weighted by Crippen LogP contribution is -2.34. The molecule has 0 aliphatic heterocycles. The zero-order valence-corrected chi connectivity index (χ0v) is 14.7. The number of carbonyl (C=O) groups excluding carboxylic acids is 1. The fourth-order valence-corrected chi connectivity index (χ4v) is 3.02. The third-order valence-electron chi connectivity index (χ3n) is 3.79. The Bertz CT molecular complexity index is 699. The molecule has 124 valence electrons. The topological polar surface area (TPSA) is 56.1 Å². The zero-order chi connectivity index (χ0) is 17.1. The van der Waals surface area contributed by atoms with Crippen LogP contribution in [0.3, 0.4) is 0 Å². The van der Waals surface area contributed by atoms with Crippen molar-refractivity contribution >= 4 is 5.91 Å². The Kier molecular flexibility index (Phi) is 5.08. The summed E-state index contributed by atoms with van der Waals surface area (Å²) in [5.41, 5.74) is 4.87. The van der Waals surface area contributed by atoms with Crippen LogP contribution in [0, 0.1) is 20.8 Å². The second-order valence-corrected chi connectivity index (χ2v) is 6.17. The van der Waals surface area contributed by atoms with Crippen LogP contribution >= 0.6 is 0 Å². The van der Waals surface area contributed by atoms with Crippen molar-refractivity contribution in [2.75, 3.05) is 7.11 Å². The molecule has 0 fully saturated rings. The van der Waals surface area contributed by atoms with Crippen LogP contribution in [0.25, 0.3) is 0 Å². The smallest absolute Gasteiger partial charge is 0.258 e. The fourth-order valence-electron chi connectivity index (χ4n) is 3.02. The van der Waals surface area contributed by atoms with E-state index in [4.69, 9.17) is 4.74 Å². The van der Waals surface area contributed by atoms with Gasteiger partial charge in [-0.1, -0.05) is 29.3 Å². The summed E-state index contributed by atoms with van der Waals surface area (Å²) in [6.07, 6.45) is 0.788. The molecule has 0 aliphatic carbocycles. The summed E-state index contributed by atoms with van der Waals surface area (Å²) in [5, 5.41) is 7.29. The molecule has 0 aliphatic rings. The molecule has 23 heavy (non-hydrogen) atoms. The highest BCUT2D eigenvalue weighted by Crippen LogP contribution is 2.21. The predicted molar refractivity (Wildman–Crippen MR) is 91.0 cm³/mol. The van der Waals surface area contributed by atoms with Crippen LogP contribution in [0.5, 0.6) is 5.88 Å². The van der Waals surface area contributed by atoms with Gasteiger partial charge in [0.05, 0.1) is 12.8 Å². The number of hydrogen-bond acceptors (Lipinski definition) is 3. The predicted octanol–water partition coefficient (Wildman–Crippen LogP) is 2.71. The molecule has 0 saturated heterocycles. The Hall–Kier alpha value is -2.30. The lowest BCUT2D eigenvalue weighted by atomic mass is 10.0. The van der Waals surface area contributed by atoms with Gasteiger partial charge in [0.25, 0.3) is 5.91 Å². The number of nitrogens with zero attached hydrogens (tertiary/aromatic N) is 2. The van der Waals surface area contributed by atoms with Gasteiger partial charge in [0.2, 0.25) is 5.88 Å². The molecule has 0 unspecified atom stereocenters. The van der Waals surface area contributed by atoms with Crippen molar-refractivity contribution in [3.63, 3.8) is 0 Å². The maximum absolute atomic E-state index is 12.5. The van der Waals surface area contributed by atoms with E-state index in [0.717, 1.165) is 6.42 Å². The minimum atomic E-state index is -0.149. The molecule has 1 aromatic carbocycles. The minimum absolute atomic E-state index is 0.0213. The van der Waals surface area contributed by atoms with E-state index >= 15 is 0 Å². The number of amides is 1. The van der Waals surface area contributed by atoms with Crippen LogP contribution in [0.4, 0.5) is 0 Å². The maximum Gasteiger partial charge on any atom is 0.258 e. The summed E-state index contributed by atoms with van der Waals surface area (Å²) < 4.78 is 6.87. The molecule has 0 bridgehead atoms. The van der Waals surface area contributed by atoms with Crippen molar-refractivity contribution in [1.82, 2.24) is 15.1 Å². The Labute approximate surface area is 137 Å². The monoisotopic (exact) mass is 315 g/mol. The Balaban J connectivity index is 2.11. The van der Waals surface area contributed by atoms with Crippen LogP contribution in [0.15, 0.2) is 18.2 Å². The van der Waals surface area contributed by atoms with E-state index in [9.17, 15) is 4.79 Å². The van der Waals surface area contributed by atoms with Crippen LogP contribution < -0.4 is 10.1 Å². The Morgan fingerprint density at radius 3 is 2.43 bits per heavy atom. The quantitative estimate of drug-likeness (QED) is 0.923. The molecule has 1 atom stereocenters. The normalized spacial score (nSPS) is 12.1. The molecular formula is C18H25N3O2. The van der Waals surface area contributed by atoms with Crippen LogP contribution in [0.1, 0.15) is 39.7 Å². The van der Waals surface area contributed by atoms with Gasteiger partial charge in [-0.25, -0.2) is 4.68 Å². The van der Waals surface area contributed by atoms with Crippen molar-refractivity contribution in [3.05, 3.63) is 46.1 Å². The molecule has 5 nitrogen and oxygen atoms in total. The van der Waals surface area contributed by atoms with E-state index in [1.165, 1.54) is 16.7 Å². The SMILES string of the molecule is COc1c(C(=O)N[C@@H](C)Cc2cc(C)cc(C)c2)c(C)nn1C. The van der Waals surface area contributed by atoms with E-state index < -0.39 is 0 Å². The lowest BCUT2D eigenvalue weighted by molar-refractivity contribution is 0.0936. The number of hydrogen-bond donors (Lipinski definition) is 1. The number of rotatable bonds is 5. The third kappa shape index (κ3) is 3.92. The molecule has 0 radical (unpaired) electrons. The van der Waals surface area contributed by atoms with E-state index in [0.29, 0.717) is 17.1 Å². The maximum atomic E-state index is 12.5. The van der Waals surface area contributed by atoms with Gasteiger partial charge >= 0.3 is 0 Å². The van der Waals surface area contributed by atoms with Gasteiger partial charge in [0, 0.05) is 13.1 Å². The van der Waals surface area contributed by atoms with Gasteiger partial charge in [-0.15, -0.1) is 0 Å². The average molecular weight is 315 g/mol. The van der Waals surface area contributed by atoms with Gasteiger partial charge < -0.3 is 10.1 Å². The number of aromatic nitrogens is 2. The number of nitrogens with one attached hydrogen (secondary N) is 1. The summed E-state index contributed by atoms with van der Waals surface area (Å²) in [6.45, 7) is 7.99. The molecule has 2 aromatic rings. The molecule has 1 amide bonds. The van der Waals surface area contributed by atoms with E-state index in [1.807, 2.05) is 13.8 Å². The molecular weight excluding hydrogens is 290 g/mol. The lowest BCUT2D eigenvalue weighted by Gasteiger charge is -2.15. The largest absolute Gasteiger partial charge is 0.481 e. The minimum Gasteiger partial charge on any atom is -0.481 e. The molecule has 1 heterocycles. The second kappa shape index (κ2) is 6.86. The summed E-state index contributed by atoms with van der Waals surface area (Å²) in [7, 11) is 3.31. The van der Waals surface area contributed by atoms with Gasteiger partial charge in [0.15, 0.2) is 0 Å². The second-order valence-electron chi connectivity index (χ2n) is 6.17. The van der Waals surface area contributed by atoms with Crippen molar-refractivity contribution in [2.24, 2.45) is 7.05 Å². The number of aryl methyl sites for hydroxylation is 4. The summed E-state index contributed by atoms with van der Waals surface area (Å²) >= 11 is 0. The third-order valence-corrected chi connectivity index (χ3v) is 3.79. The molecule has 0 spiro atoms. The average Bonchev–Trinajstić information content (AvgIpc) is 2.71. The Morgan fingerprint density at radius 2 is 1.87 bits per heavy atom. The number of methoxy groups -OCH3 is 1. The van der Waals surface area contributed by atoms with Crippen molar-refractivity contribution < 1.29 is 9.53 Å². The van der Waals surface area contributed by atoms with Crippen LogP contribution in [-0.2, 0) is 13.5 Å². The van der Waals surface area contributed by atoms with Gasteiger partial charge in [-0.05, 0) is 39.7 Å². The first-order valence-corrected chi connectivity index (χ1v) is 7.77. The first-order valence-electron chi connectivity index (χ1n) is 7.77. The highest BCUT2D eigenvalue weighted by atomic mass is 16.5. The summed E-state index contributed by atoms with van der Waals surface area (Å²) in [5.74, 6) is 0.336. The summed E-state index contributed by atoms with van der Waals surface area (Å²) in [6, 6.07) is 6.49. The standard InChI is InChI=1S/C18H25N3O2/c1-11-7-12(2)9-15(8-11)10-13(3)19-17(22)16-14(4)20-21(5)18(16)23-6/h7-9,13H,10H2,1-6H3,(H,19,22)/t13-/m0/s1. The molecule has 2 rings (SSSR count). The van der Waals surface area contributed by atoms with E-state index in [2.05, 4.69) is 42.5 Å². The molecule has 1 aromatic heterocycles. The number of carbonyl (C=O) groups is 1. The van der Waals surface area contributed by atoms with Gasteiger partial charge in [-0.3, -0.25) is 4.79 Å². The number of ether oxygens (including phenoxy) is 1. The first kappa shape index (κ1) is 17.1.